The molecule has 1 aliphatic heterocycles. The number of aryl methyl sites for hydroxylation is 2. The highest BCUT2D eigenvalue weighted by Crippen LogP contribution is 2.23. The van der Waals surface area contributed by atoms with E-state index in [0.29, 0.717) is 11.8 Å². The molecule has 0 aromatic carbocycles. The first-order valence-electron chi connectivity index (χ1n) is 8.36. The second kappa shape index (κ2) is 5.86. The molecule has 0 saturated carbocycles. The molecule has 1 saturated heterocycles. The summed E-state index contributed by atoms with van der Waals surface area (Å²) >= 11 is 0. The number of carbonyl (C=O) groups is 1. The zero-order chi connectivity index (χ0) is 15.9. The van der Waals surface area contributed by atoms with Crippen LogP contribution in [-0.2, 0) is 17.6 Å². The van der Waals surface area contributed by atoms with Crippen LogP contribution in [0.3, 0.4) is 0 Å². The zero-order valence-corrected chi connectivity index (χ0v) is 13.7. The molecule has 120 valence electrons. The highest BCUT2D eigenvalue weighted by molar-refractivity contribution is 5.80. The van der Waals surface area contributed by atoms with Crippen LogP contribution >= 0.6 is 0 Å². The van der Waals surface area contributed by atoms with E-state index in [4.69, 9.17) is 0 Å². The first kappa shape index (κ1) is 15.3. The second-order valence-corrected chi connectivity index (χ2v) is 7.12. The molecule has 1 amide bonds. The minimum Gasteiger partial charge on any atom is -0.340 e. The van der Waals surface area contributed by atoms with Gasteiger partial charge in [-0.1, -0.05) is 13.8 Å². The monoisotopic (exact) mass is 303 g/mol. The highest BCUT2D eigenvalue weighted by atomic mass is 16.2. The van der Waals surface area contributed by atoms with Crippen LogP contribution in [0.4, 0.5) is 0 Å². The van der Waals surface area contributed by atoms with E-state index in [9.17, 15) is 9.59 Å². The Kier molecular flexibility index (Phi) is 4.06. The summed E-state index contributed by atoms with van der Waals surface area (Å²) in [5, 5.41) is 4.46. The third-order valence-corrected chi connectivity index (χ3v) is 4.89. The average Bonchev–Trinajstić information content (AvgIpc) is 2.90. The van der Waals surface area contributed by atoms with E-state index in [1.54, 1.807) is 13.0 Å². The van der Waals surface area contributed by atoms with Gasteiger partial charge >= 0.3 is 0 Å². The number of fused-ring (bicyclic) bond motifs is 1. The fourth-order valence-electron chi connectivity index (χ4n) is 3.90. The summed E-state index contributed by atoms with van der Waals surface area (Å²) in [5.74, 6) is 1.06. The van der Waals surface area contributed by atoms with Crippen LogP contribution in [0.15, 0.2) is 10.9 Å². The maximum absolute atomic E-state index is 12.8. The van der Waals surface area contributed by atoms with Crippen molar-refractivity contribution in [3.8, 4) is 0 Å². The lowest BCUT2D eigenvalue weighted by atomic mass is 9.91. The predicted molar refractivity (Wildman–Crippen MR) is 84.8 cm³/mol. The van der Waals surface area contributed by atoms with Gasteiger partial charge < -0.3 is 4.90 Å². The van der Waals surface area contributed by atoms with E-state index >= 15 is 0 Å². The SMILES string of the molecule is CC1CC(C)CN(C(=O)C(C)n2nc3c(cc2=O)CCC3)C1. The normalized spacial score (nSPS) is 25.9. The topological polar surface area (TPSA) is 55.2 Å². The van der Waals surface area contributed by atoms with Gasteiger partial charge in [0, 0.05) is 19.2 Å². The number of likely N-dealkylation sites (tertiary alicyclic amines) is 1. The molecule has 1 aromatic rings. The van der Waals surface area contributed by atoms with Crippen LogP contribution < -0.4 is 5.56 Å². The summed E-state index contributed by atoms with van der Waals surface area (Å²) < 4.78 is 1.39. The van der Waals surface area contributed by atoms with Crippen molar-refractivity contribution >= 4 is 5.91 Å². The van der Waals surface area contributed by atoms with Crippen molar-refractivity contribution in [3.63, 3.8) is 0 Å². The first-order valence-corrected chi connectivity index (χ1v) is 8.36. The van der Waals surface area contributed by atoms with Crippen molar-refractivity contribution in [1.82, 2.24) is 14.7 Å². The Bertz CT molecular complexity index is 627. The Balaban J connectivity index is 1.83. The van der Waals surface area contributed by atoms with Gasteiger partial charge in [-0.05, 0) is 50.0 Å². The summed E-state index contributed by atoms with van der Waals surface area (Å²) in [6.07, 6.45) is 4.06. The van der Waals surface area contributed by atoms with E-state index < -0.39 is 6.04 Å². The molecular weight excluding hydrogens is 278 g/mol. The summed E-state index contributed by atoms with van der Waals surface area (Å²) in [4.78, 5) is 26.9. The number of carbonyl (C=O) groups excluding carboxylic acids is 1. The molecule has 0 spiro atoms. The van der Waals surface area contributed by atoms with Gasteiger partial charge in [0.05, 0.1) is 5.69 Å². The highest BCUT2D eigenvalue weighted by Gasteiger charge is 2.30. The third-order valence-electron chi connectivity index (χ3n) is 4.89. The van der Waals surface area contributed by atoms with Gasteiger partial charge in [0.1, 0.15) is 6.04 Å². The van der Waals surface area contributed by atoms with Gasteiger partial charge in [0.2, 0.25) is 5.91 Å². The number of hydrogen-bond donors (Lipinski definition) is 0. The number of aromatic nitrogens is 2. The van der Waals surface area contributed by atoms with E-state index in [2.05, 4.69) is 18.9 Å². The first-order chi connectivity index (χ1) is 10.5. The molecule has 2 aliphatic rings. The van der Waals surface area contributed by atoms with Crippen LogP contribution in [0.1, 0.15) is 50.9 Å². The van der Waals surface area contributed by atoms with E-state index in [-0.39, 0.29) is 11.5 Å². The number of piperidine rings is 1. The summed E-state index contributed by atoms with van der Waals surface area (Å²) in [7, 11) is 0. The molecule has 0 radical (unpaired) electrons. The van der Waals surface area contributed by atoms with Crippen LogP contribution in [-0.4, -0.2) is 33.7 Å². The van der Waals surface area contributed by atoms with E-state index in [1.807, 2.05) is 4.90 Å². The standard InChI is InChI=1S/C17H25N3O2/c1-11-7-12(2)10-19(9-11)17(22)13(3)20-16(21)8-14-5-4-6-15(14)18-20/h8,11-13H,4-7,9-10H2,1-3H3. The van der Waals surface area contributed by atoms with Gasteiger partial charge in [-0.3, -0.25) is 9.59 Å². The Morgan fingerprint density at radius 3 is 2.64 bits per heavy atom. The molecule has 1 aliphatic carbocycles. The maximum Gasteiger partial charge on any atom is 0.267 e. The lowest BCUT2D eigenvalue weighted by Crippen LogP contribution is -2.46. The maximum atomic E-state index is 12.8. The van der Waals surface area contributed by atoms with Crippen LogP contribution in [0.2, 0.25) is 0 Å². The molecule has 3 unspecified atom stereocenters. The van der Waals surface area contributed by atoms with Crippen molar-refractivity contribution < 1.29 is 4.79 Å². The lowest BCUT2D eigenvalue weighted by Gasteiger charge is -2.36. The molecule has 0 bridgehead atoms. The zero-order valence-electron chi connectivity index (χ0n) is 13.7. The molecule has 22 heavy (non-hydrogen) atoms. The Labute approximate surface area is 131 Å². The van der Waals surface area contributed by atoms with Crippen molar-refractivity contribution in [2.24, 2.45) is 11.8 Å². The largest absolute Gasteiger partial charge is 0.340 e. The molecule has 1 aromatic heterocycles. The molecule has 1 fully saturated rings. The summed E-state index contributed by atoms with van der Waals surface area (Å²) in [5.41, 5.74) is 1.89. The van der Waals surface area contributed by atoms with Crippen molar-refractivity contribution in [2.45, 2.75) is 52.5 Å². The third kappa shape index (κ3) is 2.81. The van der Waals surface area contributed by atoms with Crippen LogP contribution in [0, 0.1) is 11.8 Å². The number of hydrogen-bond acceptors (Lipinski definition) is 3. The molecule has 5 heteroatoms. The van der Waals surface area contributed by atoms with Crippen molar-refractivity contribution in [3.05, 3.63) is 27.7 Å². The van der Waals surface area contributed by atoms with Gasteiger partial charge in [-0.15, -0.1) is 0 Å². The minimum atomic E-state index is -0.518. The van der Waals surface area contributed by atoms with Crippen molar-refractivity contribution in [2.75, 3.05) is 13.1 Å². The van der Waals surface area contributed by atoms with Gasteiger partial charge in [0.25, 0.3) is 5.56 Å². The van der Waals surface area contributed by atoms with Crippen molar-refractivity contribution in [1.29, 1.82) is 0 Å². The number of rotatable bonds is 2. The number of nitrogens with zero attached hydrogens (tertiary/aromatic N) is 3. The fraction of sp³-hybridized carbons (Fsp3) is 0.706. The Hall–Kier alpha value is -1.65. The van der Waals surface area contributed by atoms with Crippen LogP contribution in [0.5, 0.6) is 0 Å². The minimum absolute atomic E-state index is 0.0194. The molecule has 0 N–H and O–H groups in total. The van der Waals surface area contributed by atoms with Gasteiger partial charge in [-0.2, -0.15) is 5.10 Å². The van der Waals surface area contributed by atoms with E-state index in [1.165, 1.54) is 4.68 Å². The Morgan fingerprint density at radius 2 is 1.95 bits per heavy atom. The molecule has 3 rings (SSSR count). The van der Waals surface area contributed by atoms with Gasteiger partial charge in [0.15, 0.2) is 0 Å². The lowest BCUT2D eigenvalue weighted by molar-refractivity contribution is -0.137. The Morgan fingerprint density at radius 1 is 1.27 bits per heavy atom. The second-order valence-electron chi connectivity index (χ2n) is 7.12. The van der Waals surface area contributed by atoms with E-state index in [0.717, 1.165) is 50.0 Å². The van der Waals surface area contributed by atoms with Crippen LogP contribution in [0.25, 0.3) is 0 Å². The molecule has 5 nitrogen and oxygen atoms in total. The number of amides is 1. The summed E-state index contributed by atoms with van der Waals surface area (Å²) in [6.45, 7) is 7.73. The quantitative estimate of drug-likeness (QED) is 0.837. The average molecular weight is 303 g/mol. The molecule has 2 heterocycles. The fourth-order valence-corrected chi connectivity index (χ4v) is 3.90. The van der Waals surface area contributed by atoms with Gasteiger partial charge in [-0.25, -0.2) is 4.68 Å². The molecular formula is C17H25N3O2. The molecule has 3 atom stereocenters. The summed E-state index contributed by atoms with van der Waals surface area (Å²) in [6, 6.07) is 1.15. The predicted octanol–water partition coefficient (Wildman–Crippen LogP) is 1.80. The smallest absolute Gasteiger partial charge is 0.267 e.